The summed E-state index contributed by atoms with van der Waals surface area (Å²) in [7, 11) is 0. The Morgan fingerprint density at radius 3 is 1.58 bits per heavy atom. The van der Waals surface area contributed by atoms with Crippen LogP contribution >= 0.6 is 24.0 Å². The monoisotopic (exact) mass is 680 g/mol. The van der Waals surface area contributed by atoms with Crippen LogP contribution in [0.4, 0.5) is 5.69 Å². The number of benzene rings is 2. The van der Waals surface area contributed by atoms with Gasteiger partial charge in [-0.3, -0.25) is 20.0 Å². The number of thiocyanates is 1. The number of nitrogens with one attached hydrogen (secondary N) is 2. The molecule has 0 aromatic heterocycles. The molecule has 0 spiro atoms. The fourth-order valence-corrected chi connectivity index (χ4v) is 7.50. The fraction of sp³-hybridized carbons (Fsp3) is 0.526. The molecule has 2 aromatic carbocycles. The lowest BCUT2D eigenvalue weighted by Gasteiger charge is -2.33. The summed E-state index contributed by atoms with van der Waals surface area (Å²) in [5.41, 5.74) is 7.79. The van der Waals surface area contributed by atoms with E-state index < -0.39 is 0 Å². The van der Waals surface area contributed by atoms with E-state index in [4.69, 9.17) is 37.4 Å². The summed E-state index contributed by atoms with van der Waals surface area (Å²) in [6, 6.07) is 17.4. The first-order valence-corrected chi connectivity index (χ1v) is 18.5. The van der Waals surface area contributed by atoms with Crippen molar-refractivity contribution in [2.24, 2.45) is 25.0 Å². The lowest BCUT2D eigenvalue weighted by atomic mass is 9.93. The van der Waals surface area contributed by atoms with Crippen LogP contribution in [0.25, 0.3) is 0 Å². The molecular formula is C38H48N8S2. The van der Waals surface area contributed by atoms with Crippen LogP contribution in [0.15, 0.2) is 78.4 Å². The molecule has 6 unspecified atom stereocenters. The van der Waals surface area contributed by atoms with Gasteiger partial charge in [0.15, 0.2) is 0 Å². The lowest BCUT2D eigenvalue weighted by Crippen LogP contribution is -2.50. The smallest absolute Gasteiger partial charge is 0.138 e. The van der Waals surface area contributed by atoms with Crippen molar-refractivity contribution in [2.75, 3.05) is 13.1 Å². The van der Waals surface area contributed by atoms with Gasteiger partial charge < -0.3 is 10.6 Å². The van der Waals surface area contributed by atoms with Crippen molar-refractivity contribution < 1.29 is 0 Å². The van der Waals surface area contributed by atoms with Crippen molar-refractivity contribution in [2.45, 2.75) is 120 Å². The van der Waals surface area contributed by atoms with Crippen molar-refractivity contribution >= 4 is 57.7 Å². The highest BCUT2D eigenvalue weighted by Crippen LogP contribution is 2.22. The molecule has 2 N–H and O–H groups in total. The number of nitrogens with zero attached hydrogens (tertiary/aromatic N) is 6. The van der Waals surface area contributed by atoms with Gasteiger partial charge in [-0.2, -0.15) is 10.3 Å². The second-order valence-electron chi connectivity index (χ2n) is 13.3. The molecule has 48 heavy (non-hydrogen) atoms. The van der Waals surface area contributed by atoms with E-state index >= 15 is 0 Å². The summed E-state index contributed by atoms with van der Waals surface area (Å²) in [5, 5.41) is 21.5. The molecule has 5 rings (SSSR count). The SMILES string of the molecule is CC1=NCC(Cc2ccc(SC#N)cc2)N=C(C)C2CCCC(N2)C(C)=NCC(Cc2ccc(N=C=S)cc2)N=C(C)C2CCCC1N2. The number of rotatable bonds is 6. The minimum absolute atomic E-state index is 0.0316. The van der Waals surface area contributed by atoms with Gasteiger partial charge in [-0.25, -0.2) is 0 Å². The number of nitriles is 1. The van der Waals surface area contributed by atoms with Gasteiger partial charge in [0.1, 0.15) is 5.40 Å². The van der Waals surface area contributed by atoms with Gasteiger partial charge in [0.25, 0.3) is 0 Å². The summed E-state index contributed by atoms with van der Waals surface area (Å²) in [6.07, 6.45) is 8.15. The van der Waals surface area contributed by atoms with Crippen molar-refractivity contribution in [3.05, 3.63) is 59.7 Å². The molecule has 3 heterocycles. The predicted octanol–water partition coefficient (Wildman–Crippen LogP) is 7.40. The number of thiocarbonyl (C=S) groups is 1. The maximum Gasteiger partial charge on any atom is 0.138 e. The van der Waals surface area contributed by atoms with E-state index in [-0.39, 0.29) is 36.3 Å². The van der Waals surface area contributed by atoms with E-state index in [0.29, 0.717) is 13.1 Å². The lowest BCUT2D eigenvalue weighted by molar-refractivity contribution is 0.422. The first-order chi connectivity index (χ1) is 23.3. The summed E-state index contributed by atoms with van der Waals surface area (Å²) in [4.78, 5) is 26.1. The average molecular weight is 681 g/mol. The standard InChI is InChI=1S/C38H48N8S2/c1-25-35-7-6-10-38(46-35)28(4)44-33(20-30-13-17-34(18-14-30)48-23-39)22-41-26(2)36-8-5-9-37(45-36)27(3)43-32(21-40-25)19-29-11-15-31(16-12-29)42-24-47/h11-18,32-33,35-38,45-46H,5-10,19-22H2,1-4H3. The zero-order valence-corrected chi connectivity index (χ0v) is 30.3. The summed E-state index contributed by atoms with van der Waals surface area (Å²) in [5.74, 6) is 0. The molecule has 252 valence electrons. The van der Waals surface area contributed by atoms with Crippen LogP contribution in [-0.4, -0.2) is 77.3 Å². The Morgan fingerprint density at radius 1 is 0.708 bits per heavy atom. The molecule has 0 saturated carbocycles. The molecule has 0 radical (unpaired) electrons. The minimum atomic E-state index is 0.0316. The second-order valence-corrected chi connectivity index (χ2v) is 14.4. The van der Waals surface area contributed by atoms with Crippen LogP contribution in [-0.2, 0) is 12.8 Å². The largest absolute Gasteiger partial charge is 0.301 e. The van der Waals surface area contributed by atoms with Crippen LogP contribution in [0.2, 0.25) is 0 Å². The van der Waals surface area contributed by atoms with Crippen LogP contribution in [0, 0.1) is 10.7 Å². The Morgan fingerprint density at radius 2 is 1.15 bits per heavy atom. The van der Waals surface area contributed by atoms with Crippen molar-refractivity contribution in [1.82, 2.24) is 10.6 Å². The Hall–Kier alpha value is -3.32. The normalized spacial score (nSPS) is 27.1. The Kier molecular flexibility index (Phi) is 13.4. The van der Waals surface area contributed by atoms with Crippen molar-refractivity contribution in [3.8, 4) is 5.40 Å². The number of aliphatic imine (C=N–C) groups is 5. The van der Waals surface area contributed by atoms with E-state index in [9.17, 15) is 0 Å². The maximum absolute atomic E-state index is 9.06. The minimum Gasteiger partial charge on any atom is -0.301 e. The Balaban J connectivity index is 1.43. The molecule has 2 aromatic rings. The Labute approximate surface area is 295 Å². The van der Waals surface area contributed by atoms with Gasteiger partial charge in [-0.15, -0.1) is 0 Å². The second kappa shape index (κ2) is 17.9. The molecule has 3 aliphatic rings. The van der Waals surface area contributed by atoms with Gasteiger partial charge in [0.2, 0.25) is 0 Å². The molecule has 0 amide bonds. The van der Waals surface area contributed by atoms with E-state index in [2.05, 4.69) is 78.1 Å². The number of thioether (sulfide) groups is 1. The zero-order valence-electron chi connectivity index (χ0n) is 28.7. The van der Waals surface area contributed by atoms with Gasteiger partial charge in [0, 0.05) is 51.9 Å². The molecule has 10 heteroatoms. The topological polar surface area (TPSA) is 110 Å². The van der Waals surface area contributed by atoms with E-state index in [1.807, 2.05) is 24.3 Å². The highest BCUT2D eigenvalue weighted by Gasteiger charge is 2.28. The highest BCUT2D eigenvalue weighted by atomic mass is 32.2. The number of hydrogen-bond acceptors (Lipinski definition) is 10. The third-order valence-electron chi connectivity index (χ3n) is 9.81. The fourth-order valence-electron chi connectivity index (χ4n) is 7.02. The summed E-state index contributed by atoms with van der Waals surface area (Å²) in [6.45, 7) is 9.96. The molecule has 4 bridgehead atoms. The third kappa shape index (κ3) is 10.3. The van der Waals surface area contributed by atoms with Crippen LogP contribution < -0.4 is 10.6 Å². The van der Waals surface area contributed by atoms with Gasteiger partial charge in [-0.1, -0.05) is 24.3 Å². The molecule has 2 fully saturated rings. The average Bonchev–Trinajstić information content (AvgIpc) is 3.10. The van der Waals surface area contributed by atoms with E-state index in [1.165, 1.54) is 22.9 Å². The van der Waals surface area contributed by atoms with E-state index in [1.54, 1.807) is 0 Å². The van der Waals surface area contributed by atoms with E-state index in [0.717, 1.165) is 84.8 Å². The van der Waals surface area contributed by atoms with Crippen LogP contribution in [0.1, 0.15) is 77.3 Å². The van der Waals surface area contributed by atoms with Gasteiger partial charge >= 0.3 is 0 Å². The Bertz CT molecular complexity index is 1600. The number of fused-ring (bicyclic) bond motifs is 4. The molecule has 0 aliphatic carbocycles. The van der Waals surface area contributed by atoms with Crippen LogP contribution in [0.3, 0.4) is 0 Å². The van der Waals surface area contributed by atoms with Gasteiger partial charge in [0.05, 0.1) is 36.0 Å². The zero-order chi connectivity index (χ0) is 33.9. The summed E-state index contributed by atoms with van der Waals surface area (Å²) < 4.78 is 0. The first-order valence-electron chi connectivity index (χ1n) is 17.3. The molecule has 8 nitrogen and oxygen atoms in total. The summed E-state index contributed by atoms with van der Waals surface area (Å²) >= 11 is 5.97. The third-order valence-corrected chi connectivity index (χ3v) is 10.5. The maximum atomic E-state index is 9.06. The predicted molar refractivity (Wildman–Crippen MR) is 205 cm³/mol. The quantitative estimate of drug-likeness (QED) is 0.143. The first kappa shape index (κ1) is 36.0. The number of piperidine rings is 2. The molecule has 3 aliphatic heterocycles. The van der Waals surface area contributed by atoms with Gasteiger partial charge in [-0.05, 0) is 138 Å². The molecule has 6 atom stereocenters. The van der Waals surface area contributed by atoms with Crippen molar-refractivity contribution in [3.63, 3.8) is 0 Å². The van der Waals surface area contributed by atoms with Crippen LogP contribution in [0.5, 0.6) is 0 Å². The molecular weight excluding hydrogens is 633 g/mol. The molecule has 2 saturated heterocycles. The highest BCUT2D eigenvalue weighted by molar-refractivity contribution is 8.03. The number of isothiocyanates is 1. The van der Waals surface area contributed by atoms with Crippen molar-refractivity contribution in [1.29, 1.82) is 5.26 Å². The number of hydrogen-bond donors (Lipinski definition) is 2.